The summed E-state index contributed by atoms with van der Waals surface area (Å²) in [6.07, 6.45) is 3.38. The molecule has 28 heavy (non-hydrogen) atoms. The molecule has 3 aromatic rings. The maximum Gasteiger partial charge on any atom is 0.255 e. The van der Waals surface area contributed by atoms with Crippen molar-refractivity contribution in [1.29, 1.82) is 0 Å². The summed E-state index contributed by atoms with van der Waals surface area (Å²) in [4.78, 5) is 16.8. The lowest BCUT2D eigenvalue weighted by atomic mass is 10.1. The highest BCUT2D eigenvalue weighted by Crippen LogP contribution is 2.19. The minimum atomic E-state index is -0.195. The third-order valence-electron chi connectivity index (χ3n) is 3.95. The fourth-order valence-corrected chi connectivity index (χ4v) is 2.59. The van der Waals surface area contributed by atoms with Crippen LogP contribution in [0.4, 0.5) is 0 Å². The van der Waals surface area contributed by atoms with Gasteiger partial charge in [-0.3, -0.25) is 9.78 Å². The van der Waals surface area contributed by atoms with E-state index in [4.69, 9.17) is 9.47 Å². The summed E-state index contributed by atoms with van der Waals surface area (Å²) in [5, 5.41) is 2.92. The number of amides is 1. The van der Waals surface area contributed by atoms with Crippen LogP contribution in [0, 0.1) is 0 Å². The highest BCUT2D eigenvalue weighted by Gasteiger charge is 2.11. The maximum atomic E-state index is 12.5. The van der Waals surface area contributed by atoms with Gasteiger partial charge in [-0.15, -0.1) is 0 Å². The van der Waals surface area contributed by atoms with E-state index in [0.717, 1.165) is 17.0 Å². The molecule has 0 atom stereocenters. The predicted octanol–water partition coefficient (Wildman–Crippen LogP) is 4.16. The lowest BCUT2D eigenvalue weighted by Gasteiger charge is -2.11. The first-order valence-corrected chi connectivity index (χ1v) is 8.99. The lowest BCUT2D eigenvalue weighted by molar-refractivity contribution is 0.0947. The Hall–Kier alpha value is -3.60. The zero-order valence-electron chi connectivity index (χ0n) is 15.5. The molecule has 0 aliphatic carbocycles. The SMILES string of the molecule is C=CCOc1ccccc1C(=O)NCc1cccc(OCc2ccccn2)c1. The number of carbonyl (C=O) groups is 1. The average Bonchev–Trinajstić information content (AvgIpc) is 2.76. The van der Waals surface area contributed by atoms with Crippen molar-refractivity contribution in [3.63, 3.8) is 0 Å². The molecule has 5 heteroatoms. The molecule has 0 saturated heterocycles. The summed E-state index contributed by atoms with van der Waals surface area (Å²) >= 11 is 0. The number of nitrogens with one attached hydrogen (secondary N) is 1. The molecule has 0 aliphatic heterocycles. The van der Waals surface area contributed by atoms with E-state index in [1.54, 1.807) is 24.4 Å². The molecule has 0 bridgehead atoms. The van der Waals surface area contributed by atoms with Gasteiger partial charge in [0.25, 0.3) is 5.91 Å². The second-order valence-electron chi connectivity index (χ2n) is 6.04. The third-order valence-corrected chi connectivity index (χ3v) is 3.95. The summed E-state index contributed by atoms with van der Waals surface area (Å²) in [5.41, 5.74) is 2.29. The van der Waals surface area contributed by atoms with Crippen molar-refractivity contribution in [3.8, 4) is 11.5 Å². The van der Waals surface area contributed by atoms with E-state index in [1.165, 1.54) is 0 Å². The average molecular weight is 374 g/mol. The highest BCUT2D eigenvalue weighted by molar-refractivity contribution is 5.96. The van der Waals surface area contributed by atoms with Crippen LogP contribution >= 0.6 is 0 Å². The van der Waals surface area contributed by atoms with E-state index in [1.807, 2.05) is 54.6 Å². The number of nitrogens with zero attached hydrogens (tertiary/aromatic N) is 1. The predicted molar refractivity (Wildman–Crippen MR) is 108 cm³/mol. The first-order valence-electron chi connectivity index (χ1n) is 8.99. The van der Waals surface area contributed by atoms with Crippen LogP contribution in [0.25, 0.3) is 0 Å². The fourth-order valence-electron chi connectivity index (χ4n) is 2.59. The van der Waals surface area contributed by atoms with Crippen molar-refractivity contribution >= 4 is 5.91 Å². The Labute approximate surface area is 164 Å². The standard InChI is InChI=1S/C23H22N2O3/c1-2-14-27-22-12-4-3-11-21(22)23(26)25-16-18-8-7-10-20(15-18)28-17-19-9-5-6-13-24-19/h2-13,15H,1,14,16-17H2,(H,25,26). The van der Waals surface area contributed by atoms with Crippen molar-refractivity contribution in [3.05, 3.63) is 102 Å². The third kappa shape index (κ3) is 5.45. The second-order valence-corrected chi connectivity index (χ2v) is 6.04. The van der Waals surface area contributed by atoms with E-state index in [0.29, 0.717) is 31.1 Å². The quantitative estimate of drug-likeness (QED) is 0.572. The van der Waals surface area contributed by atoms with Crippen LogP contribution in [0.15, 0.2) is 85.6 Å². The van der Waals surface area contributed by atoms with E-state index in [-0.39, 0.29) is 5.91 Å². The zero-order chi connectivity index (χ0) is 19.6. The molecule has 1 N–H and O–H groups in total. The summed E-state index contributed by atoms with van der Waals surface area (Å²) in [6.45, 7) is 4.75. The first kappa shape index (κ1) is 19.2. The molecule has 0 radical (unpaired) electrons. The van der Waals surface area contributed by atoms with Gasteiger partial charge in [-0.1, -0.05) is 43.0 Å². The van der Waals surface area contributed by atoms with Crippen LogP contribution in [0.1, 0.15) is 21.6 Å². The van der Waals surface area contributed by atoms with E-state index in [9.17, 15) is 4.79 Å². The topological polar surface area (TPSA) is 60.5 Å². The zero-order valence-corrected chi connectivity index (χ0v) is 15.5. The summed E-state index contributed by atoms with van der Waals surface area (Å²) < 4.78 is 11.3. The van der Waals surface area contributed by atoms with E-state index in [2.05, 4.69) is 16.9 Å². The molecule has 1 aromatic heterocycles. The molecule has 0 saturated carbocycles. The minimum Gasteiger partial charge on any atom is -0.489 e. The van der Waals surface area contributed by atoms with Crippen molar-refractivity contribution in [1.82, 2.24) is 10.3 Å². The number of hydrogen-bond donors (Lipinski definition) is 1. The molecule has 3 rings (SSSR count). The molecule has 1 amide bonds. The Balaban J connectivity index is 1.59. The van der Waals surface area contributed by atoms with Crippen molar-refractivity contribution in [2.45, 2.75) is 13.2 Å². The van der Waals surface area contributed by atoms with Gasteiger partial charge in [0.15, 0.2) is 0 Å². The Morgan fingerprint density at radius 3 is 2.71 bits per heavy atom. The molecule has 0 spiro atoms. The van der Waals surface area contributed by atoms with Crippen LogP contribution < -0.4 is 14.8 Å². The molecule has 5 nitrogen and oxygen atoms in total. The van der Waals surface area contributed by atoms with Gasteiger partial charge < -0.3 is 14.8 Å². The van der Waals surface area contributed by atoms with Crippen molar-refractivity contribution in [2.75, 3.05) is 6.61 Å². The molecular formula is C23H22N2O3. The van der Waals surface area contributed by atoms with Gasteiger partial charge in [0.1, 0.15) is 24.7 Å². The Morgan fingerprint density at radius 1 is 1.04 bits per heavy atom. The Bertz CT molecular complexity index is 926. The number of rotatable bonds is 9. The Morgan fingerprint density at radius 2 is 1.89 bits per heavy atom. The number of carbonyl (C=O) groups excluding carboxylic acids is 1. The summed E-state index contributed by atoms with van der Waals surface area (Å²) in [6, 6.07) is 20.5. The minimum absolute atomic E-state index is 0.195. The number of pyridine rings is 1. The molecule has 0 unspecified atom stereocenters. The van der Waals surface area contributed by atoms with Gasteiger partial charge in [-0.25, -0.2) is 0 Å². The normalized spacial score (nSPS) is 10.1. The number of ether oxygens (including phenoxy) is 2. The summed E-state index contributed by atoms with van der Waals surface area (Å²) in [5.74, 6) is 1.07. The molecule has 142 valence electrons. The number of aromatic nitrogens is 1. The van der Waals surface area contributed by atoms with Gasteiger partial charge in [0.05, 0.1) is 11.3 Å². The summed E-state index contributed by atoms with van der Waals surface area (Å²) in [7, 11) is 0. The molecule has 0 aliphatic rings. The van der Waals surface area contributed by atoms with Crippen LogP contribution in [0.2, 0.25) is 0 Å². The van der Waals surface area contributed by atoms with Gasteiger partial charge in [0, 0.05) is 12.7 Å². The number of benzene rings is 2. The Kier molecular flexibility index (Phi) is 6.79. The largest absolute Gasteiger partial charge is 0.489 e. The van der Waals surface area contributed by atoms with Gasteiger partial charge >= 0.3 is 0 Å². The molecular weight excluding hydrogens is 352 g/mol. The van der Waals surface area contributed by atoms with Crippen LogP contribution in [0.3, 0.4) is 0 Å². The second kappa shape index (κ2) is 9.92. The smallest absolute Gasteiger partial charge is 0.255 e. The number of para-hydroxylation sites is 1. The van der Waals surface area contributed by atoms with Crippen molar-refractivity contribution < 1.29 is 14.3 Å². The monoisotopic (exact) mass is 374 g/mol. The molecule has 0 fully saturated rings. The highest BCUT2D eigenvalue weighted by atomic mass is 16.5. The molecule has 1 heterocycles. The fraction of sp³-hybridized carbons (Fsp3) is 0.130. The molecule has 2 aromatic carbocycles. The number of hydrogen-bond acceptors (Lipinski definition) is 4. The maximum absolute atomic E-state index is 12.5. The lowest BCUT2D eigenvalue weighted by Crippen LogP contribution is -2.23. The van der Waals surface area contributed by atoms with Crippen LogP contribution in [-0.2, 0) is 13.2 Å². The van der Waals surface area contributed by atoms with Gasteiger partial charge in [-0.2, -0.15) is 0 Å². The van der Waals surface area contributed by atoms with Gasteiger partial charge in [-0.05, 0) is 42.0 Å². The van der Waals surface area contributed by atoms with E-state index >= 15 is 0 Å². The van der Waals surface area contributed by atoms with Gasteiger partial charge in [0.2, 0.25) is 0 Å². The van der Waals surface area contributed by atoms with Crippen LogP contribution in [0.5, 0.6) is 11.5 Å². The van der Waals surface area contributed by atoms with Crippen LogP contribution in [-0.4, -0.2) is 17.5 Å². The van der Waals surface area contributed by atoms with E-state index < -0.39 is 0 Å². The van der Waals surface area contributed by atoms with Crippen molar-refractivity contribution in [2.24, 2.45) is 0 Å². The first-order chi connectivity index (χ1) is 13.8.